The number of carbonyl (C=O) groups is 1. The van der Waals surface area contributed by atoms with Crippen LogP contribution in [0.2, 0.25) is 0 Å². The van der Waals surface area contributed by atoms with Crippen LogP contribution in [0.25, 0.3) is 11.1 Å². The fourth-order valence-corrected chi connectivity index (χ4v) is 2.77. The molecule has 0 spiro atoms. The molecule has 0 aliphatic heterocycles. The number of carbonyl (C=O) groups excluding carboxylic acids is 1. The molecule has 1 amide bonds. The molecule has 2 aromatic carbocycles. The quantitative estimate of drug-likeness (QED) is 0.691. The monoisotopic (exact) mass is 334 g/mol. The summed E-state index contributed by atoms with van der Waals surface area (Å²) in [5.74, 6) is 0.728. The number of rotatable bonds is 6. The van der Waals surface area contributed by atoms with Gasteiger partial charge >= 0.3 is 0 Å². The molecular weight excluding hydrogens is 312 g/mol. The number of nitrogens with one attached hydrogen (secondary N) is 2. The second kappa shape index (κ2) is 7.81. The molecule has 0 unspecified atom stereocenters. The van der Waals surface area contributed by atoms with Gasteiger partial charge < -0.3 is 9.73 Å². The van der Waals surface area contributed by atoms with E-state index in [0.717, 1.165) is 22.6 Å². The number of hydrogen-bond donors (Lipinski definition) is 2. The van der Waals surface area contributed by atoms with Gasteiger partial charge in [-0.3, -0.25) is 10.1 Å². The predicted molar refractivity (Wildman–Crippen MR) is 100 cm³/mol. The Bertz CT molecular complexity index is 813. The topological polar surface area (TPSA) is 54.3 Å². The van der Waals surface area contributed by atoms with Crippen molar-refractivity contribution in [1.82, 2.24) is 5.32 Å². The maximum Gasteiger partial charge on any atom is 0.241 e. The van der Waals surface area contributed by atoms with Gasteiger partial charge in [0.1, 0.15) is 5.76 Å². The Morgan fingerprint density at radius 3 is 2.36 bits per heavy atom. The number of amides is 1. The SMILES string of the molecule is C[C@H](N[C@H](C)c1ccco1)C(=O)Nc1ccccc1-c1ccccc1. The lowest BCUT2D eigenvalue weighted by Crippen LogP contribution is -2.39. The summed E-state index contributed by atoms with van der Waals surface area (Å²) in [6, 6.07) is 21.2. The van der Waals surface area contributed by atoms with Crippen LogP contribution >= 0.6 is 0 Å². The maximum atomic E-state index is 12.6. The van der Waals surface area contributed by atoms with Crippen LogP contribution in [-0.4, -0.2) is 11.9 Å². The van der Waals surface area contributed by atoms with Crippen LogP contribution in [0.4, 0.5) is 5.69 Å². The molecule has 0 saturated heterocycles. The van der Waals surface area contributed by atoms with Crippen molar-refractivity contribution in [2.24, 2.45) is 0 Å². The van der Waals surface area contributed by atoms with E-state index in [1.54, 1.807) is 6.26 Å². The summed E-state index contributed by atoms with van der Waals surface area (Å²) in [6.07, 6.45) is 1.63. The minimum Gasteiger partial charge on any atom is -0.468 e. The highest BCUT2D eigenvalue weighted by atomic mass is 16.3. The smallest absolute Gasteiger partial charge is 0.241 e. The van der Waals surface area contributed by atoms with E-state index in [9.17, 15) is 4.79 Å². The molecule has 4 nitrogen and oxygen atoms in total. The van der Waals surface area contributed by atoms with Gasteiger partial charge in [0.05, 0.1) is 18.3 Å². The van der Waals surface area contributed by atoms with Crippen LogP contribution in [0.3, 0.4) is 0 Å². The highest BCUT2D eigenvalue weighted by Crippen LogP contribution is 2.27. The van der Waals surface area contributed by atoms with Crippen LogP contribution in [-0.2, 0) is 4.79 Å². The minimum atomic E-state index is -0.357. The van der Waals surface area contributed by atoms with Gasteiger partial charge in [-0.1, -0.05) is 48.5 Å². The first-order valence-corrected chi connectivity index (χ1v) is 8.40. The molecule has 1 aromatic heterocycles. The second-order valence-electron chi connectivity index (χ2n) is 6.03. The third-order valence-corrected chi connectivity index (χ3v) is 4.13. The van der Waals surface area contributed by atoms with Crippen molar-refractivity contribution in [1.29, 1.82) is 0 Å². The number of furan rings is 1. The summed E-state index contributed by atoms with van der Waals surface area (Å²) in [5, 5.41) is 6.28. The first-order chi connectivity index (χ1) is 12.1. The average molecular weight is 334 g/mol. The fraction of sp³-hybridized carbons (Fsp3) is 0.190. The molecule has 4 heteroatoms. The molecule has 0 saturated carbocycles. The molecule has 2 atom stereocenters. The Morgan fingerprint density at radius 2 is 1.64 bits per heavy atom. The molecule has 3 rings (SSSR count). The van der Waals surface area contributed by atoms with Gasteiger partial charge in [-0.2, -0.15) is 0 Å². The fourth-order valence-electron chi connectivity index (χ4n) is 2.77. The van der Waals surface area contributed by atoms with Gasteiger partial charge in [0.2, 0.25) is 5.91 Å². The van der Waals surface area contributed by atoms with Crippen LogP contribution in [0, 0.1) is 0 Å². The first-order valence-electron chi connectivity index (χ1n) is 8.40. The minimum absolute atomic E-state index is 0.0416. The summed E-state index contributed by atoms with van der Waals surface area (Å²) in [6.45, 7) is 3.82. The van der Waals surface area contributed by atoms with Crippen molar-refractivity contribution >= 4 is 11.6 Å². The Morgan fingerprint density at radius 1 is 0.920 bits per heavy atom. The van der Waals surface area contributed by atoms with Crippen LogP contribution in [0.1, 0.15) is 25.6 Å². The van der Waals surface area contributed by atoms with E-state index in [1.807, 2.05) is 80.6 Å². The zero-order valence-corrected chi connectivity index (χ0v) is 14.4. The van der Waals surface area contributed by atoms with E-state index >= 15 is 0 Å². The number of benzene rings is 2. The zero-order chi connectivity index (χ0) is 17.6. The Kier molecular flexibility index (Phi) is 5.31. The first kappa shape index (κ1) is 17.0. The normalized spacial score (nSPS) is 13.2. The van der Waals surface area contributed by atoms with Gasteiger partial charge in [0.15, 0.2) is 0 Å². The Hall–Kier alpha value is -2.85. The lowest BCUT2D eigenvalue weighted by Gasteiger charge is -2.19. The van der Waals surface area contributed by atoms with Gasteiger partial charge in [0, 0.05) is 11.3 Å². The number of para-hydroxylation sites is 1. The molecular formula is C21H22N2O2. The highest BCUT2D eigenvalue weighted by Gasteiger charge is 2.18. The molecule has 3 aromatic rings. The average Bonchev–Trinajstić information content (AvgIpc) is 3.17. The summed E-state index contributed by atoms with van der Waals surface area (Å²) in [4.78, 5) is 12.6. The third kappa shape index (κ3) is 4.17. The summed E-state index contributed by atoms with van der Waals surface area (Å²) in [5.41, 5.74) is 2.88. The lowest BCUT2D eigenvalue weighted by atomic mass is 10.0. The molecule has 0 aliphatic carbocycles. The number of anilines is 1. The molecule has 0 aliphatic rings. The molecule has 0 radical (unpaired) electrons. The molecule has 1 heterocycles. The van der Waals surface area contributed by atoms with Crippen molar-refractivity contribution < 1.29 is 9.21 Å². The maximum absolute atomic E-state index is 12.6. The van der Waals surface area contributed by atoms with Crippen molar-refractivity contribution in [3.05, 3.63) is 78.8 Å². The van der Waals surface area contributed by atoms with Crippen LogP contribution in [0.15, 0.2) is 77.4 Å². The Labute approximate surface area is 147 Å². The lowest BCUT2D eigenvalue weighted by molar-refractivity contribution is -0.118. The summed E-state index contributed by atoms with van der Waals surface area (Å²) >= 11 is 0. The van der Waals surface area contributed by atoms with Crippen molar-refractivity contribution in [3.8, 4) is 11.1 Å². The summed E-state index contributed by atoms with van der Waals surface area (Å²) < 4.78 is 5.38. The van der Waals surface area contributed by atoms with E-state index in [0.29, 0.717) is 0 Å². The second-order valence-corrected chi connectivity index (χ2v) is 6.03. The highest BCUT2D eigenvalue weighted by molar-refractivity contribution is 5.98. The Balaban J connectivity index is 1.71. The molecule has 2 N–H and O–H groups in total. The van der Waals surface area contributed by atoms with Crippen molar-refractivity contribution in [3.63, 3.8) is 0 Å². The molecule has 25 heavy (non-hydrogen) atoms. The van der Waals surface area contributed by atoms with Gasteiger partial charge in [-0.05, 0) is 37.6 Å². The van der Waals surface area contributed by atoms with E-state index in [-0.39, 0.29) is 18.0 Å². The van der Waals surface area contributed by atoms with Gasteiger partial charge in [-0.15, -0.1) is 0 Å². The van der Waals surface area contributed by atoms with Crippen molar-refractivity contribution in [2.45, 2.75) is 25.9 Å². The largest absolute Gasteiger partial charge is 0.468 e. The van der Waals surface area contributed by atoms with Gasteiger partial charge in [0.25, 0.3) is 0 Å². The van der Waals surface area contributed by atoms with Crippen LogP contribution in [0.5, 0.6) is 0 Å². The number of hydrogen-bond acceptors (Lipinski definition) is 3. The van der Waals surface area contributed by atoms with Crippen molar-refractivity contribution in [2.75, 3.05) is 5.32 Å². The standard InChI is InChI=1S/C21H22N2O2/c1-15(20-13-8-14-25-20)22-16(2)21(24)23-19-12-7-6-11-18(19)17-9-4-3-5-10-17/h3-16,22H,1-2H3,(H,23,24)/t15-,16+/m1/s1. The third-order valence-electron chi connectivity index (χ3n) is 4.13. The van der Waals surface area contributed by atoms with Gasteiger partial charge in [-0.25, -0.2) is 0 Å². The summed E-state index contributed by atoms with van der Waals surface area (Å²) in [7, 11) is 0. The molecule has 128 valence electrons. The van der Waals surface area contributed by atoms with E-state index in [4.69, 9.17) is 4.42 Å². The van der Waals surface area contributed by atoms with E-state index in [1.165, 1.54) is 0 Å². The molecule has 0 fully saturated rings. The van der Waals surface area contributed by atoms with E-state index < -0.39 is 0 Å². The van der Waals surface area contributed by atoms with Crippen LogP contribution < -0.4 is 10.6 Å². The zero-order valence-electron chi connectivity index (χ0n) is 14.4. The predicted octanol–water partition coefficient (Wildman–Crippen LogP) is 4.62. The van der Waals surface area contributed by atoms with E-state index in [2.05, 4.69) is 10.6 Å². The molecule has 0 bridgehead atoms.